The summed E-state index contributed by atoms with van der Waals surface area (Å²) in [6, 6.07) is 12.6. The summed E-state index contributed by atoms with van der Waals surface area (Å²) in [5, 5.41) is 2.67. The fourth-order valence-electron chi connectivity index (χ4n) is 2.27. The zero-order valence-corrected chi connectivity index (χ0v) is 16.6. The maximum atomic E-state index is 12.2. The van der Waals surface area contributed by atoms with E-state index in [4.69, 9.17) is 9.47 Å². The molecule has 1 amide bonds. The molecule has 0 heterocycles. The number of sulfonamides is 1. The van der Waals surface area contributed by atoms with Gasteiger partial charge in [-0.2, -0.15) is 0 Å². The molecule has 0 aliphatic heterocycles. The van der Waals surface area contributed by atoms with Gasteiger partial charge in [0, 0.05) is 6.54 Å². The third-order valence-electron chi connectivity index (χ3n) is 3.93. The van der Waals surface area contributed by atoms with Gasteiger partial charge >= 0.3 is 5.97 Å². The summed E-state index contributed by atoms with van der Waals surface area (Å²) in [4.78, 5) is 24.3. The molecule has 150 valence electrons. The minimum atomic E-state index is -3.69. The molecule has 0 unspecified atom stereocenters. The molecule has 2 N–H and O–H groups in total. The van der Waals surface area contributed by atoms with Crippen molar-refractivity contribution in [1.29, 1.82) is 0 Å². The van der Waals surface area contributed by atoms with Crippen LogP contribution in [0.4, 0.5) is 0 Å². The van der Waals surface area contributed by atoms with Gasteiger partial charge in [0.1, 0.15) is 5.75 Å². The number of hydrogen-bond donors (Lipinski definition) is 2. The van der Waals surface area contributed by atoms with Crippen LogP contribution in [0.3, 0.4) is 0 Å². The highest BCUT2D eigenvalue weighted by atomic mass is 32.2. The maximum absolute atomic E-state index is 12.2. The van der Waals surface area contributed by atoms with Crippen LogP contribution in [0.2, 0.25) is 0 Å². The Kier molecular flexibility index (Phi) is 7.13. The standard InChI is InChI=1S/C19H22N2O6S/c1-13(18(22)21-12-14-7-9-16(26-3)10-8-14)27-19(23)15-5-4-6-17(11-15)28(24,25)20-2/h4-11,13,20H,12H2,1-3H3,(H,21,22)/t13-/m1/s1. The Hall–Kier alpha value is -2.91. The lowest BCUT2D eigenvalue weighted by Gasteiger charge is -2.14. The fourth-order valence-corrected chi connectivity index (χ4v) is 3.04. The second kappa shape index (κ2) is 9.34. The average molecular weight is 406 g/mol. The van der Waals surface area contributed by atoms with Crippen LogP contribution in [0.25, 0.3) is 0 Å². The SMILES string of the molecule is CNS(=O)(=O)c1cccc(C(=O)O[C@H](C)C(=O)NCc2ccc(OC)cc2)c1. The summed E-state index contributed by atoms with van der Waals surface area (Å²) in [6.45, 7) is 1.70. The second-order valence-corrected chi connectivity index (χ2v) is 7.74. The van der Waals surface area contributed by atoms with E-state index in [1.54, 1.807) is 19.2 Å². The summed E-state index contributed by atoms with van der Waals surface area (Å²) in [5.41, 5.74) is 0.892. The molecule has 0 aliphatic carbocycles. The largest absolute Gasteiger partial charge is 0.497 e. The first kappa shape index (κ1) is 21.4. The van der Waals surface area contributed by atoms with Gasteiger partial charge in [-0.1, -0.05) is 18.2 Å². The van der Waals surface area contributed by atoms with E-state index in [1.807, 2.05) is 12.1 Å². The number of nitrogens with one attached hydrogen (secondary N) is 2. The lowest BCUT2D eigenvalue weighted by molar-refractivity contribution is -0.129. The Balaban J connectivity index is 1.95. The molecule has 9 heteroatoms. The Morgan fingerprint density at radius 2 is 1.79 bits per heavy atom. The van der Waals surface area contributed by atoms with Gasteiger partial charge in [-0.25, -0.2) is 17.9 Å². The van der Waals surface area contributed by atoms with Gasteiger partial charge in [0.05, 0.1) is 17.6 Å². The molecule has 2 aromatic rings. The molecular weight excluding hydrogens is 384 g/mol. The van der Waals surface area contributed by atoms with E-state index in [0.29, 0.717) is 5.75 Å². The maximum Gasteiger partial charge on any atom is 0.338 e. The molecule has 0 fully saturated rings. The van der Waals surface area contributed by atoms with Crippen LogP contribution in [-0.4, -0.2) is 40.6 Å². The molecule has 0 saturated heterocycles. The quantitative estimate of drug-likeness (QED) is 0.642. The average Bonchev–Trinajstić information content (AvgIpc) is 2.72. The second-order valence-electron chi connectivity index (χ2n) is 5.85. The van der Waals surface area contributed by atoms with Crippen molar-refractivity contribution in [2.24, 2.45) is 0 Å². The summed E-state index contributed by atoms with van der Waals surface area (Å²) < 4.78 is 36.0. The first-order chi connectivity index (χ1) is 13.3. The highest BCUT2D eigenvalue weighted by Gasteiger charge is 2.20. The zero-order valence-electron chi connectivity index (χ0n) is 15.8. The van der Waals surface area contributed by atoms with E-state index < -0.39 is 28.0 Å². The van der Waals surface area contributed by atoms with Gasteiger partial charge in [0.25, 0.3) is 5.91 Å². The van der Waals surface area contributed by atoms with E-state index >= 15 is 0 Å². The monoisotopic (exact) mass is 406 g/mol. The number of methoxy groups -OCH3 is 1. The Labute approximate surface area is 163 Å². The normalized spacial score (nSPS) is 12.1. The minimum Gasteiger partial charge on any atom is -0.497 e. The van der Waals surface area contributed by atoms with E-state index in [0.717, 1.165) is 5.56 Å². The van der Waals surface area contributed by atoms with Crippen molar-refractivity contribution in [2.75, 3.05) is 14.2 Å². The zero-order chi connectivity index (χ0) is 20.7. The first-order valence-corrected chi connectivity index (χ1v) is 9.90. The summed E-state index contributed by atoms with van der Waals surface area (Å²) >= 11 is 0. The Bertz CT molecular complexity index is 941. The first-order valence-electron chi connectivity index (χ1n) is 8.42. The molecule has 0 radical (unpaired) electrons. The van der Waals surface area contributed by atoms with Gasteiger partial charge in [-0.05, 0) is 49.9 Å². The molecule has 28 heavy (non-hydrogen) atoms. The van der Waals surface area contributed by atoms with Gasteiger partial charge < -0.3 is 14.8 Å². The van der Waals surface area contributed by atoms with Crippen molar-refractivity contribution >= 4 is 21.9 Å². The number of esters is 1. The predicted molar refractivity (Wildman–Crippen MR) is 102 cm³/mol. The number of hydrogen-bond acceptors (Lipinski definition) is 6. The highest BCUT2D eigenvalue weighted by Crippen LogP contribution is 2.13. The van der Waals surface area contributed by atoms with Crippen LogP contribution in [-0.2, 0) is 26.1 Å². The van der Waals surface area contributed by atoms with Crippen molar-refractivity contribution in [3.8, 4) is 5.75 Å². The van der Waals surface area contributed by atoms with Gasteiger partial charge in [-0.3, -0.25) is 4.79 Å². The molecule has 2 aromatic carbocycles. The lowest BCUT2D eigenvalue weighted by atomic mass is 10.2. The summed E-state index contributed by atoms with van der Waals surface area (Å²) in [7, 11) is -0.850. The number of amides is 1. The van der Waals surface area contributed by atoms with Gasteiger partial charge in [0.2, 0.25) is 10.0 Å². The number of ether oxygens (including phenoxy) is 2. The summed E-state index contributed by atoms with van der Waals surface area (Å²) in [6.07, 6.45) is -1.05. The molecule has 0 spiro atoms. The van der Waals surface area contributed by atoms with Crippen molar-refractivity contribution in [2.45, 2.75) is 24.5 Å². The molecule has 8 nitrogen and oxygen atoms in total. The number of carbonyl (C=O) groups excluding carboxylic acids is 2. The smallest absolute Gasteiger partial charge is 0.338 e. The molecule has 0 aliphatic rings. The van der Waals surface area contributed by atoms with Crippen LogP contribution in [0.15, 0.2) is 53.4 Å². The van der Waals surface area contributed by atoms with E-state index in [9.17, 15) is 18.0 Å². The Morgan fingerprint density at radius 1 is 1.11 bits per heavy atom. The topological polar surface area (TPSA) is 111 Å². The van der Waals surface area contributed by atoms with Crippen LogP contribution < -0.4 is 14.8 Å². The summed E-state index contributed by atoms with van der Waals surface area (Å²) in [5.74, 6) is -0.552. The molecule has 1 atom stereocenters. The molecule has 2 rings (SSSR count). The van der Waals surface area contributed by atoms with Gasteiger partial charge in [0.15, 0.2) is 6.10 Å². The van der Waals surface area contributed by atoms with Crippen molar-refractivity contribution < 1.29 is 27.5 Å². The molecule has 0 saturated carbocycles. The van der Waals surface area contributed by atoms with Crippen molar-refractivity contribution in [3.63, 3.8) is 0 Å². The number of carbonyl (C=O) groups is 2. The van der Waals surface area contributed by atoms with E-state index in [2.05, 4.69) is 10.0 Å². The van der Waals surface area contributed by atoms with Crippen LogP contribution in [0.1, 0.15) is 22.8 Å². The molecule has 0 bridgehead atoms. The third-order valence-corrected chi connectivity index (χ3v) is 5.34. The van der Waals surface area contributed by atoms with Crippen molar-refractivity contribution in [3.05, 3.63) is 59.7 Å². The number of benzene rings is 2. The molecule has 0 aromatic heterocycles. The van der Waals surface area contributed by atoms with Crippen LogP contribution >= 0.6 is 0 Å². The lowest BCUT2D eigenvalue weighted by Crippen LogP contribution is -2.35. The highest BCUT2D eigenvalue weighted by molar-refractivity contribution is 7.89. The van der Waals surface area contributed by atoms with E-state index in [-0.39, 0.29) is 17.0 Å². The number of rotatable bonds is 8. The van der Waals surface area contributed by atoms with Gasteiger partial charge in [-0.15, -0.1) is 0 Å². The van der Waals surface area contributed by atoms with Crippen molar-refractivity contribution in [1.82, 2.24) is 10.0 Å². The van der Waals surface area contributed by atoms with Crippen LogP contribution in [0.5, 0.6) is 5.75 Å². The fraction of sp³-hybridized carbons (Fsp3) is 0.263. The third kappa shape index (κ3) is 5.54. The van der Waals surface area contributed by atoms with Crippen LogP contribution in [0, 0.1) is 0 Å². The minimum absolute atomic E-state index is 0.0335. The Morgan fingerprint density at radius 3 is 2.39 bits per heavy atom. The van der Waals surface area contributed by atoms with E-state index in [1.165, 1.54) is 38.2 Å². The molecular formula is C19H22N2O6S. The predicted octanol–water partition coefficient (Wildman–Crippen LogP) is 1.46.